The molecular formula is C16H21F4NO. The molecule has 0 spiro atoms. The molecule has 124 valence electrons. The number of nitrogens with one attached hydrogen (secondary N) is 1. The topological polar surface area (TPSA) is 29.1 Å². The van der Waals surface area contributed by atoms with E-state index in [1.807, 2.05) is 27.7 Å². The molecule has 6 heteroatoms. The maximum atomic E-state index is 13.2. The summed E-state index contributed by atoms with van der Waals surface area (Å²) >= 11 is 0. The number of halogens is 4. The Kier molecular flexibility index (Phi) is 7.84. The van der Waals surface area contributed by atoms with Gasteiger partial charge >= 0.3 is 6.18 Å². The highest BCUT2D eigenvalue weighted by Gasteiger charge is 2.34. The van der Waals surface area contributed by atoms with Gasteiger partial charge in [0.1, 0.15) is 5.82 Å². The fraction of sp³-hybridized carbons (Fsp3) is 0.438. The first-order valence-corrected chi connectivity index (χ1v) is 6.97. The Hall–Kier alpha value is -1.85. The maximum absolute atomic E-state index is 13.2. The molecule has 2 nitrogen and oxygen atoms in total. The highest BCUT2D eigenvalue weighted by Crippen LogP contribution is 2.33. The van der Waals surface area contributed by atoms with Gasteiger partial charge < -0.3 is 5.32 Å². The van der Waals surface area contributed by atoms with E-state index in [0.29, 0.717) is 12.1 Å². The van der Waals surface area contributed by atoms with Gasteiger partial charge in [0.05, 0.1) is 5.56 Å². The fourth-order valence-corrected chi connectivity index (χ4v) is 1.55. The minimum absolute atomic E-state index is 0.0203. The summed E-state index contributed by atoms with van der Waals surface area (Å²) in [6.07, 6.45) is -3.45. The van der Waals surface area contributed by atoms with Crippen molar-refractivity contribution in [3.05, 3.63) is 41.3 Å². The van der Waals surface area contributed by atoms with Gasteiger partial charge in [-0.15, -0.1) is 0 Å². The van der Waals surface area contributed by atoms with Crippen LogP contribution in [0.5, 0.6) is 0 Å². The van der Waals surface area contributed by atoms with Crippen molar-refractivity contribution in [3.8, 4) is 0 Å². The molecule has 0 fully saturated rings. The summed E-state index contributed by atoms with van der Waals surface area (Å²) in [5, 5.41) is 2.84. The first-order chi connectivity index (χ1) is 10.1. The Bertz CT molecular complexity index is 533. The van der Waals surface area contributed by atoms with Crippen LogP contribution in [0.1, 0.15) is 45.7 Å². The minimum atomic E-state index is -4.80. The van der Waals surface area contributed by atoms with Gasteiger partial charge in [-0.2, -0.15) is 13.2 Å². The molecule has 0 radical (unpaired) electrons. The zero-order valence-corrected chi connectivity index (χ0v) is 13.3. The molecule has 22 heavy (non-hydrogen) atoms. The normalized spacial score (nSPS) is 11.8. The number of alkyl halides is 3. The zero-order chi connectivity index (χ0) is 17.5. The van der Waals surface area contributed by atoms with Gasteiger partial charge in [-0.05, 0) is 38.5 Å². The van der Waals surface area contributed by atoms with Crippen LogP contribution in [0.15, 0.2) is 24.4 Å². The van der Waals surface area contributed by atoms with Crippen molar-refractivity contribution in [1.29, 1.82) is 0 Å². The van der Waals surface area contributed by atoms with Crippen molar-refractivity contribution in [1.82, 2.24) is 5.32 Å². The van der Waals surface area contributed by atoms with Crippen molar-refractivity contribution >= 4 is 11.4 Å². The van der Waals surface area contributed by atoms with E-state index in [9.17, 15) is 22.4 Å². The van der Waals surface area contributed by atoms with Gasteiger partial charge in [0, 0.05) is 17.8 Å². The average Bonchev–Trinajstić information content (AvgIpc) is 2.41. The second kappa shape index (κ2) is 8.56. The number of ketones is 1. The van der Waals surface area contributed by atoms with E-state index in [1.165, 1.54) is 13.1 Å². The first-order valence-electron chi connectivity index (χ1n) is 6.97. The molecule has 0 saturated heterocycles. The molecule has 0 heterocycles. The van der Waals surface area contributed by atoms with Gasteiger partial charge in [0.2, 0.25) is 0 Å². The van der Waals surface area contributed by atoms with E-state index in [2.05, 4.69) is 5.32 Å². The maximum Gasteiger partial charge on any atom is 0.419 e. The van der Waals surface area contributed by atoms with E-state index < -0.39 is 23.3 Å². The molecule has 1 rings (SSSR count). The van der Waals surface area contributed by atoms with Crippen molar-refractivity contribution in [2.24, 2.45) is 0 Å². The lowest BCUT2D eigenvalue weighted by Gasteiger charge is -2.12. The van der Waals surface area contributed by atoms with Crippen LogP contribution in [0.4, 0.5) is 17.6 Å². The monoisotopic (exact) mass is 319 g/mol. The molecule has 0 aliphatic heterocycles. The molecule has 0 aliphatic rings. The highest BCUT2D eigenvalue weighted by molar-refractivity contribution is 6.19. The van der Waals surface area contributed by atoms with Crippen LogP contribution >= 0.6 is 0 Å². The number of carbonyl (C=O) groups excluding carboxylic acids is 1. The minimum Gasteiger partial charge on any atom is -0.388 e. The quantitative estimate of drug-likeness (QED) is 0.638. The van der Waals surface area contributed by atoms with Crippen LogP contribution in [-0.2, 0) is 11.0 Å². The third kappa shape index (κ3) is 5.87. The summed E-state index contributed by atoms with van der Waals surface area (Å²) in [4.78, 5) is 11.5. The molecule has 0 bridgehead atoms. The van der Waals surface area contributed by atoms with Crippen molar-refractivity contribution in [3.63, 3.8) is 0 Å². The summed E-state index contributed by atoms with van der Waals surface area (Å²) in [6.45, 7) is 8.88. The lowest BCUT2D eigenvalue weighted by molar-refractivity contribution is -0.140. The van der Waals surface area contributed by atoms with Gasteiger partial charge in [-0.25, -0.2) is 4.39 Å². The van der Waals surface area contributed by atoms with Crippen molar-refractivity contribution in [2.45, 2.75) is 46.8 Å². The summed E-state index contributed by atoms with van der Waals surface area (Å²) in [6, 6.07) is 2.53. The predicted octanol–water partition coefficient (Wildman–Crippen LogP) is 4.80. The largest absolute Gasteiger partial charge is 0.419 e. The van der Waals surface area contributed by atoms with E-state index in [0.717, 1.165) is 6.07 Å². The summed E-state index contributed by atoms with van der Waals surface area (Å²) < 4.78 is 51.1. The lowest BCUT2D eigenvalue weighted by atomic mass is 10.0. The van der Waals surface area contributed by atoms with E-state index in [4.69, 9.17) is 0 Å². The van der Waals surface area contributed by atoms with Crippen LogP contribution in [0, 0.1) is 5.82 Å². The molecule has 0 aliphatic carbocycles. The second-order valence-corrected chi connectivity index (χ2v) is 4.63. The Balaban J connectivity index is 0.00000211. The second-order valence-electron chi connectivity index (χ2n) is 4.63. The van der Waals surface area contributed by atoms with Gasteiger partial charge in [-0.1, -0.05) is 19.9 Å². The van der Waals surface area contributed by atoms with Gasteiger partial charge in [0.15, 0.2) is 5.78 Å². The van der Waals surface area contributed by atoms with Crippen LogP contribution < -0.4 is 5.32 Å². The molecule has 0 saturated carbocycles. The smallest absolute Gasteiger partial charge is 0.388 e. The Labute approximate surface area is 128 Å². The lowest BCUT2D eigenvalue weighted by Crippen LogP contribution is -2.17. The molecule has 0 atom stereocenters. The highest BCUT2D eigenvalue weighted by atomic mass is 19.4. The zero-order valence-electron chi connectivity index (χ0n) is 13.3. The fourth-order valence-electron chi connectivity index (χ4n) is 1.55. The van der Waals surface area contributed by atoms with E-state index in [-0.39, 0.29) is 17.2 Å². The molecular weight excluding hydrogens is 298 g/mol. The van der Waals surface area contributed by atoms with Crippen molar-refractivity contribution < 1.29 is 22.4 Å². The molecule has 0 amide bonds. The number of carbonyl (C=O) groups is 1. The average molecular weight is 319 g/mol. The molecule has 0 aromatic heterocycles. The van der Waals surface area contributed by atoms with E-state index >= 15 is 0 Å². The standard InChI is InChI=1S/C14H15F4NO.C2H6/c1-8(2)19-7-11(9(3)20)10-4-5-13(15)12(6-10)14(16,17)18;1-2/h4-8,19H,1-3H3;1-2H3/b11-7+;. The number of Topliss-reactive ketones (excluding diaryl/α,β-unsaturated/α-hetero) is 1. The third-order valence-electron chi connectivity index (χ3n) is 2.52. The Morgan fingerprint density at radius 3 is 2.18 bits per heavy atom. The van der Waals surface area contributed by atoms with E-state index in [1.54, 1.807) is 0 Å². The third-order valence-corrected chi connectivity index (χ3v) is 2.52. The molecule has 1 aromatic carbocycles. The number of rotatable bonds is 4. The SMILES string of the molecule is CC.CC(=O)/C(=C\NC(C)C)c1ccc(F)c(C(F)(F)F)c1. The molecule has 1 aromatic rings. The van der Waals surface area contributed by atoms with Crippen LogP contribution in [0.3, 0.4) is 0 Å². The van der Waals surface area contributed by atoms with Crippen molar-refractivity contribution in [2.75, 3.05) is 0 Å². The molecule has 1 N–H and O–H groups in total. The summed E-state index contributed by atoms with van der Waals surface area (Å²) in [5.74, 6) is -1.76. The first kappa shape index (κ1) is 20.1. The molecule has 0 unspecified atom stereocenters. The van der Waals surface area contributed by atoms with Crippen LogP contribution in [0.25, 0.3) is 5.57 Å². The van der Waals surface area contributed by atoms with Crippen LogP contribution in [-0.4, -0.2) is 11.8 Å². The number of hydrogen-bond acceptors (Lipinski definition) is 2. The number of benzene rings is 1. The Morgan fingerprint density at radius 1 is 1.23 bits per heavy atom. The predicted molar refractivity (Wildman–Crippen MR) is 79.7 cm³/mol. The summed E-state index contributed by atoms with van der Waals surface area (Å²) in [7, 11) is 0. The number of allylic oxidation sites excluding steroid dienone is 1. The van der Waals surface area contributed by atoms with Gasteiger partial charge in [0.25, 0.3) is 0 Å². The van der Waals surface area contributed by atoms with Crippen LogP contribution in [0.2, 0.25) is 0 Å². The number of hydrogen-bond donors (Lipinski definition) is 1. The summed E-state index contributed by atoms with van der Waals surface area (Å²) in [5.41, 5.74) is -1.28. The van der Waals surface area contributed by atoms with Gasteiger partial charge in [-0.3, -0.25) is 4.79 Å². The Morgan fingerprint density at radius 2 is 1.77 bits per heavy atom.